The summed E-state index contributed by atoms with van der Waals surface area (Å²) < 4.78 is 10.4. The van der Waals surface area contributed by atoms with Crippen molar-refractivity contribution in [3.63, 3.8) is 0 Å². The van der Waals surface area contributed by atoms with Gasteiger partial charge in [0.2, 0.25) is 0 Å². The smallest absolute Gasteiger partial charge is 0.252 e. The summed E-state index contributed by atoms with van der Waals surface area (Å²) in [6, 6.07) is 0. The molecule has 1 rings (SSSR count). The Kier molecular flexibility index (Phi) is 4.23. The van der Waals surface area contributed by atoms with Crippen molar-refractivity contribution in [3.8, 4) is 0 Å². The Hall–Kier alpha value is -0.940. The van der Waals surface area contributed by atoms with Gasteiger partial charge < -0.3 is 15.0 Å². The van der Waals surface area contributed by atoms with Crippen LogP contribution in [-0.4, -0.2) is 22.3 Å². The molecular formula is C10H19N3O2. The maximum Gasteiger partial charge on any atom is 0.252 e. The highest BCUT2D eigenvalue weighted by Crippen LogP contribution is 2.07. The van der Waals surface area contributed by atoms with Gasteiger partial charge in [0, 0.05) is 12.0 Å². The van der Waals surface area contributed by atoms with Gasteiger partial charge in [0.15, 0.2) is 5.82 Å². The zero-order valence-corrected chi connectivity index (χ0v) is 9.62. The maximum absolute atomic E-state index is 5.92. The molecule has 0 saturated carbocycles. The molecule has 0 aliphatic heterocycles. The molecular weight excluding hydrogens is 194 g/mol. The number of nitrogens with zero attached hydrogens (tertiary/aromatic N) is 2. The fourth-order valence-corrected chi connectivity index (χ4v) is 0.966. The van der Waals surface area contributed by atoms with Crippen molar-refractivity contribution in [1.82, 2.24) is 10.1 Å². The summed E-state index contributed by atoms with van der Waals surface area (Å²) in [7, 11) is 0. The molecule has 0 bridgehead atoms. The van der Waals surface area contributed by atoms with E-state index in [2.05, 4.69) is 10.1 Å². The Morgan fingerprint density at radius 1 is 1.47 bits per heavy atom. The molecule has 2 N–H and O–H groups in total. The number of ether oxygens (including phenoxy) is 1. The van der Waals surface area contributed by atoms with Crippen molar-refractivity contribution in [3.05, 3.63) is 11.7 Å². The molecule has 0 aliphatic carbocycles. The van der Waals surface area contributed by atoms with Crippen molar-refractivity contribution in [2.24, 2.45) is 5.73 Å². The molecule has 0 saturated heterocycles. The van der Waals surface area contributed by atoms with Crippen LogP contribution < -0.4 is 5.73 Å². The first kappa shape index (κ1) is 12.1. The highest BCUT2D eigenvalue weighted by atomic mass is 16.5. The zero-order chi connectivity index (χ0) is 11.3. The Morgan fingerprint density at radius 3 is 2.73 bits per heavy atom. The van der Waals surface area contributed by atoms with Crippen molar-refractivity contribution < 1.29 is 9.26 Å². The number of aryl methyl sites for hydroxylation is 1. The van der Waals surface area contributed by atoms with Crippen molar-refractivity contribution in [2.75, 3.05) is 6.61 Å². The van der Waals surface area contributed by atoms with E-state index in [-0.39, 0.29) is 5.54 Å². The van der Waals surface area contributed by atoms with Gasteiger partial charge in [0.05, 0.1) is 6.61 Å². The first-order chi connectivity index (χ1) is 7.07. The van der Waals surface area contributed by atoms with E-state index in [1.165, 1.54) is 0 Å². The van der Waals surface area contributed by atoms with Crippen LogP contribution in [0.2, 0.25) is 0 Å². The van der Waals surface area contributed by atoms with Crippen LogP contribution in [0.5, 0.6) is 0 Å². The van der Waals surface area contributed by atoms with Gasteiger partial charge in [0.1, 0.15) is 6.61 Å². The topological polar surface area (TPSA) is 74.2 Å². The molecule has 1 atom stereocenters. The van der Waals surface area contributed by atoms with E-state index < -0.39 is 0 Å². The average molecular weight is 213 g/mol. The van der Waals surface area contributed by atoms with E-state index in [1.807, 2.05) is 20.8 Å². The van der Waals surface area contributed by atoms with E-state index in [0.29, 0.717) is 24.9 Å². The Labute approximate surface area is 90.0 Å². The molecule has 0 amide bonds. The molecule has 0 spiro atoms. The van der Waals surface area contributed by atoms with Gasteiger partial charge in [-0.15, -0.1) is 0 Å². The molecule has 0 aromatic carbocycles. The van der Waals surface area contributed by atoms with E-state index >= 15 is 0 Å². The van der Waals surface area contributed by atoms with Gasteiger partial charge >= 0.3 is 0 Å². The lowest BCUT2D eigenvalue weighted by Gasteiger charge is -2.21. The Balaban J connectivity index is 2.31. The Morgan fingerprint density at radius 2 is 2.20 bits per heavy atom. The van der Waals surface area contributed by atoms with Crippen LogP contribution in [0.3, 0.4) is 0 Å². The minimum Gasteiger partial charge on any atom is -0.370 e. The van der Waals surface area contributed by atoms with E-state index in [9.17, 15) is 0 Å². The SMILES string of the molecule is CCc1noc(COCC(C)(N)CC)n1. The molecule has 0 aliphatic rings. The standard InChI is InChI=1S/C10H19N3O2/c1-4-8-12-9(15-13-8)6-14-7-10(3,11)5-2/h4-7,11H2,1-3H3. The lowest BCUT2D eigenvalue weighted by atomic mass is 10.0. The third-order valence-electron chi connectivity index (χ3n) is 2.29. The molecule has 1 heterocycles. The van der Waals surface area contributed by atoms with Crippen molar-refractivity contribution in [2.45, 2.75) is 45.8 Å². The highest BCUT2D eigenvalue weighted by Gasteiger charge is 2.16. The fraction of sp³-hybridized carbons (Fsp3) is 0.800. The summed E-state index contributed by atoms with van der Waals surface area (Å²) in [5.41, 5.74) is 5.64. The normalized spacial score (nSPS) is 15.2. The van der Waals surface area contributed by atoms with Gasteiger partial charge in [-0.05, 0) is 13.3 Å². The number of hydrogen-bond donors (Lipinski definition) is 1. The second-order valence-corrected chi connectivity index (χ2v) is 3.96. The van der Waals surface area contributed by atoms with E-state index in [1.54, 1.807) is 0 Å². The third-order valence-corrected chi connectivity index (χ3v) is 2.29. The summed E-state index contributed by atoms with van der Waals surface area (Å²) in [6.45, 7) is 6.79. The molecule has 0 fully saturated rings. The first-order valence-electron chi connectivity index (χ1n) is 5.25. The van der Waals surface area contributed by atoms with E-state index in [0.717, 1.165) is 12.8 Å². The lowest BCUT2D eigenvalue weighted by molar-refractivity contribution is 0.0611. The molecule has 0 radical (unpaired) electrons. The van der Waals surface area contributed by atoms with Gasteiger partial charge in [-0.1, -0.05) is 19.0 Å². The Bertz CT molecular complexity index is 297. The molecule has 5 nitrogen and oxygen atoms in total. The molecule has 1 aromatic rings. The summed E-state index contributed by atoms with van der Waals surface area (Å²) >= 11 is 0. The van der Waals surface area contributed by atoms with Gasteiger partial charge in [-0.25, -0.2) is 0 Å². The average Bonchev–Trinajstić information content (AvgIpc) is 2.66. The lowest BCUT2D eigenvalue weighted by Crippen LogP contribution is -2.40. The highest BCUT2D eigenvalue weighted by molar-refractivity contribution is 4.84. The zero-order valence-electron chi connectivity index (χ0n) is 9.62. The summed E-state index contributed by atoms with van der Waals surface area (Å²) in [5, 5.41) is 3.77. The van der Waals surface area contributed by atoms with Crippen molar-refractivity contribution in [1.29, 1.82) is 0 Å². The maximum atomic E-state index is 5.92. The third kappa shape index (κ3) is 3.97. The predicted molar refractivity (Wildman–Crippen MR) is 56.2 cm³/mol. The number of aromatic nitrogens is 2. The van der Waals surface area contributed by atoms with Crippen LogP contribution in [0.15, 0.2) is 4.52 Å². The largest absolute Gasteiger partial charge is 0.370 e. The van der Waals surface area contributed by atoms with Crippen LogP contribution in [-0.2, 0) is 17.8 Å². The summed E-state index contributed by atoms with van der Waals surface area (Å²) in [4.78, 5) is 4.13. The molecule has 86 valence electrons. The monoisotopic (exact) mass is 213 g/mol. The number of hydrogen-bond acceptors (Lipinski definition) is 5. The van der Waals surface area contributed by atoms with Crippen LogP contribution >= 0.6 is 0 Å². The summed E-state index contributed by atoms with van der Waals surface area (Å²) in [5.74, 6) is 1.22. The van der Waals surface area contributed by atoms with Gasteiger partial charge in [-0.3, -0.25) is 0 Å². The van der Waals surface area contributed by atoms with Crippen LogP contribution in [0.25, 0.3) is 0 Å². The summed E-state index contributed by atoms with van der Waals surface area (Å²) in [6.07, 6.45) is 1.64. The second-order valence-electron chi connectivity index (χ2n) is 3.96. The predicted octanol–water partition coefficient (Wildman–Crippen LogP) is 1.28. The molecule has 5 heteroatoms. The number of rotatable bonds is 6. The minimum absolute atomic E-state index is 0.284. The van der Waals surface area contributed by atoms with Gasteiger partial charge in [0.25, 0.3) is 5.89 Å². The van der Waals surface area contributed by atoms with Gasteiger partial charge in [-0.2, -0.15) is 4.98 Å². The quantitative estimate of drug-likeness (QED) is 0.770. The van der Waals surface area contributed by atoms with Crippen LogP contribution in [0.1, 0.15) is 38.9 Å². The number of nitrogens with two attached hydrogens (primary N) is 1. The van der Waals surface area contributed by atoms with Crippen LogP contribution in [0, 0.1) is 0 Å². The van der Waals surface area contributed by atoms with Crippen LogP contribution in [0.4, 0.5) is 0 Å². The van der Waals surface area contributed by atoms with Crippen molar-refractivity contribution >= 4 is 0 Å². The first-order valence-corrected chi connectivity index (χ1v) is 5.25. The minimum atomic E-state index is -0.284. The fourth-order valence-electron chi connectivity index (χ4n) is 0.966. The van der Waals surface area contributed by atoms with E-state index in [4.69, 9.17) is 15.0 Å². The molecule has 1 aromatic heterocycles. The second kappa shape index (κ2) is 5.23. The molecule has 1 unspecified atom stereocenters. The molecule has 15 heavy (non-hydrogen) atoms.